The van der Waals surface area contributed by atoms with E-state index < -0.39 is 5.60 Å². The number of carbonyl (C=O) groups excluding carboxylic acids is 1. The highest BCUT2D eigenvalue weighted by Gasteiger charge is 2.28. The van der Waals surface area contributed by atoms with Crippen LogP contribution in [-0.4, -0.2) is 49.4 Å². The molecule has 0 radical (unpaired) electrons. The van der Waals surface area contributed by atoms with Crippen LogP contribution in [0.25, 0.3) is 11.0 Å². The Bertz CT molecular complexity index is 1250. The Morgan fingerprint density at radius 3 is 2.82 bits per heavy atom. The number of hydrogen-bond donors (Lipinski definition) is 2. The molecule has 3 aromatic rings. The third kappa shape index (κ3) is 5.82. The van der Waals surface area contributed by atoms with Crippen molar-refractivity contribution in [1.29, 1.82) is 0 Å². The Balaban J connectivity index is 1.44. The SMILES string of the molecule is CC(C)(C)OC(=O)N1CCCC(Cn2ncc3nc(NCc4ccc(Cl)c(Cl)c4)[nH]c(=O)c32)C1. The van der Waals surface area contributed by atoms with Crippen LogP contribution in [0.3, 0.4) is 0 Å². The van der Waals surface area contributed by atoms with Crippen molar-refractivity contribution in [3.8, 4) is 0 Å². The molecule has 1 aliphatic heterocycles. The molecule has 2 N–H and O–H groups in total. The first-order chi connectivity index (χ1) is 16.1. The van der Waals surface area contributed by atoms with Gasteiger partial charge in [0.1, 0.15) is 11.1 Å². The molecule has 0 bridgehead atoms. The fraction of sp³-hybridized carbons (Fsp3) is 0.478. The molecule has 34 heavy (non-hydrogen) atoms. The molecule has 1 amide bonds. The molecule has 1 aromatic carbocycles. The molecule has 1 saturated heterocycles. The van der Waals surface area contributed by atoms with Crippen LogP contribution in [0.1, 0.15) is 39.2 Å². The summed E-state index contributed by atoms with van der Waals surface area (Å²) < 4.78 is 7.18. The van der Waals surface area contributed by atoms with E-state index in [9.17, 15) is 9.59 Å². The molecule has 3 heterocycles. The van der Waals surface area contributed by atoms with Gasteiger partial charge in [-0.05, 0) is 57.2 Å². The summed E-state index contributed by atoms with van der Waals surface area (Å²) in [7, 11) is 0. The van der Waals surface area contributed by atoms with E-state index in [0.717, 1.165) is 18.4 Å². The van der Waals surface area contributed by atoms with E-state index in [4.69, 9.17) is 27.9 Å². The van der Waals surface area contributed by atoms with Crippen LogP contribution >= 0.6 is 23.2 Å². The Morgan fingerprint density at radius 1 is 1.29 bits per heavy atom. The van der Waals surface area contributed by atoms with Gasteiger partial charge >= 0.3 is 6.09 Å². The summed E-state index contributed by atoms with van der Waals surface area (Å²) in [5.41, 5.74) is 1.00. The molecule has 0 aliphatic carbocycles. The molecule has 11 heteroatoms. The molecule has 4 rings (SSSR count). The molecule has 182 valence electrons. The van der Waals surface area contributed by atoms with E-state index in [0.29, 0.717) is 53.2 Å². The van der Waals surface area contributed by atoms with Crippen LogP contribution in [0, 0.1) is 5.92 Å². The molecule has 1 atom stereocenters. The smallest absolute Gasteiger partial charge is 0.410 e. The van der Waals surface area contributed by atoms with Crippen LogP contribution in [0.2, 0.25) is 10.0 Å². The van der Waals surface area contributed by atoms with E-state index in [2.05, 4.69) is 20.4 Å². The molecular weight excluding hydrogens is 479 g/mol. The maximum absolute atomic E-state index is 12.8. The number of nitrogens with one attached hydrogen (secondary N) is 2. The van der Waals surface area contributed by atoms with Crippen molar-refractivity contribution in [3.05, 3.63) is 50.4 Å². The minimum atomic E-state index is -0.535. The van der Waals surface area contributed by atoms with Crippen molar-refractivity contribution in [1.82, 2.24) is 24.6 Å². The van der Waals surface area contributed by atoms with E-state index in [1.807, 2.05) is 26.8 Å². The molecule has 0 saturated carbocycles. The summed E-state index contributed by atoms with van der Waals surface area (Å²) in [5, 5.41) is 8.45. The van der Waals surface area contributed by atoms with Crippen LogP contribution in [-0.2, 0) is 17.8 Å². The zero-order valence-electron chi connectivity index (χ0n) is 19.4. The van der Waals surface area contributed by atoms with Crippen molar-refractivity contribution in [3.63, 3.8) is 0 Å². The van der Waals surface area contributed by atoms with E-state index in [1.54, 1.807) is 27.9 Å². The lowest BCUT2D eigenvalue weighted by molar-refractivity contribution is 0.0156. The predicted octanol–water partition coefficient (Wildman–Crippen LogP) is 4.69. The zero-order chi connectivity index (χ0) is 24.5. The average Bonchev–Trinajstić information content (AvgIpc) is 3.16. The maximum Gasteiger partial charge on any atom is 0.410 e. The number of nitrogens with zero attached hydrogens (tertiary/aromatic N) is 4. The number of ether oxygens (including phenoxy) is 1. The minimum absolute atomic E-state index is 0.163. The Morgan fingerprint density at radius 2 is 2.09 bits per heavy atom. The number of aromatic amines is 1. The van der Waals surface area contributed by atoms with Crippen molar-refractivity contribution in [2.45, 2.75) is 52.3 Å². The highest BCUT2D eigenvalue weighted by molar-refractivity contribution is 6.42. The van der Waals surface area contributed by atoms with Gasteiger partial charge in [0, 0.05) is 26.2 Å². The number of piperidine rings is 1. The third-order valence-electron chi connectivity index (χ3n) is 5.55. The molecule has 2 aromatic heterocycles. The lowest BCUT2D eigenvalue weighted by atomic mass is 9.98. The van der Waals surface area contributed by atoms with Crippen molar-refractivity contribution in [2.75, 3.05) is 18.4 Å². The van der Waals surface area contributed by atoms with Gasteiger partial charge in [-0.25, -0.2) is 9.78 Å². The molecular formula is C23H28Cl2N6O3. The molecule has 1 unspecified atom stereocenters. The van der Waals surface area contributed by atoms with Gasteiger partial charge in [-0.15, -0.1) is 0 Å². The fourth-order valence-corrected chi connectivity index (χ4v) is 4.34. The number of fused-ring (bicyclic) bond motifs is 1. The molecule has 0 spiro atoms. The van der Waals surface area contributed by atoms with Crippen LogP contribution in [0.15, 0.2) is 29.2 Å². The van der Waals surface area contributed by atoms with Crippen LogP contribution in [0.4, 0.5) is 10.7 Å². The van der Waals surface area contributed by atoms with Crippen LogP contribution < -0.4 is 10.9 Å². The number of likely N-dealkylation sites (tertiary alicyclic amines) is 1. The highest BCUT2D eigenvalue weighted by Crippen LogP contribution is 2.24. The van der Waals surface area contributed by atoms with Gasteiger partial charge < -0.3 is 15.0 Å². The lowest BCUT2D eigenvalue weighted by Gasteiger charge is -2.34. The average molecular weight is 507 g/mol. The van der Waals surface area contributed by atoms with Crippen LogP contribution in [0.5, 0.6) is 0 Å². The first kappa shape index (κ1) is 24.3. The maximum atomic E-state index is 12.8. The van der Waals surface area contributed by atoms with Crippen molar-refractivity contribution >= 4 is 46.3 Å². The largest absolute Gasteiger partial charge is 0.444 e. The lowest BCUT2D eigenvalue weighted by Crippen LogP contribution is -2.43. The summed E-state index contributed by atoms with van der Waals surface area (Å²) in [6, 6.07) is 5.33. The van der Waals surface area contributed by atoms with Gasteiger partial charge in [0.05, 0.1) is 16.2 Å². The quantitative estimate of drug-likeness (QED) is 0.520. The van der Waals surface area contributed by atoms with Gasteiger partial charge in [0.2, 0.25) is 5.95 Å². The monoisotopic (exact) mass is 506 g/mol. The first-order valence-electron chi connectivity index (χ1n) is 11.2. The number of hydrogen-bond acceptors (Lipinski definition) is 6. The van der Waals surface area contributed by atoms with E-state index >= 15 is 0 Å². The van der Waals surface area contributed by atoms with Gasteiger partial charge in [-0.2, -0.15) is 5.10 Å². The second-order valence-electron chi connectivity index (χ2n) is 9.51. The number of amides is 1. The molecule has 1 aliphatic rings. The summed E-state index contributed by atoms with van der Waals surface area (Å²) in [4.78, 5) is 34.3. The van der Waals surface area contributed by atoms with E-state index in [-0.39, 0.29) is 17.6 Å². The van der Waals surface area contributed by atoms with Crippen molar-refractivity contribution < 1.29 is 9.53 Å². The fourth-order valence-electron chi connectivity index (χ4n) is 4.01. The summed E-state index contributed by atoms with van der Waals surface area (Å²) >= 11 is 12.0. The number of halogens is 2. The first-order valence-corrected chi connectivity index (χ1v) is 12.0. The van der Waals surface area contributed by atoms with Crippen molar-refractivity contribution in [2.24, 2.45) is 5.92 Å². The van der Waals surface area contributed by atoms with Gasteiger partial charge in [-0.1, -0.05) is 29.3 Å². The predicted molar refractivity (Wildman–Crippen MR) is 132 cm³/mol. The number of H-pyrrole nitrogens is 1. The number of carbonyl (C=O) groups is 1. The van der Waals surface area contributed by atoms with Gasteiger partial charge in [0.15, 0.2) is 5.52 Å². The Kier molecular flexibility index (Phi) is 7.04. The number of aromatic nitrogens is 4. The van der Waals surface area contributed by atoms with E-state index in [1.165, 1.54) is 0 Å². The number of benzene rings is 1. The summed E-state index contributed by atoms with van der Waals surface area (Å²) in [5.74, 6) is 0.508. The second kappa shape index (κ2) is 9.84. The normalized spacial score (nSPS) is 16.6. The second-order valence-corrected chi connectivity index (χ2v) is 10.3. The summed E-state index contributed by atoms with van der Waals surface area (Å²) in [6.07, 6.45) is 3.10. The number of anilines is 1. The standard InChI is InChI=1S/C23H28Cl2N6O3/c1-23(2,3)34-22(33)30-8-4-5-15(12-30)13-31-19-18(11-27-31)28-21(29-20(19)32)26-10-14-6-7-16(24)17(25)9-14/h6-7,9,11,15H,4-5,8,10,12-13H2,1-3H3,(H2,26,28,29,32). The third-order valence-corrected chi connectivity index (χ3v) is 6.28. The topological polar surface area (TPSA) is 105 Å². The molecule has 1 fully saturated rings. The highest BCUT2D eigenvalue weighted by atomic mass is 35.5. The Labute approximate surface area is 207 Å². The molecule has 9 nitrogen and oxygen atoms in total. The number of rotatable bonds is 5. The summed E-state index contributed by atoms with van der Waals surface area (Å²) in [6.45, 7) is 7.73. The zero-order valence-corrected chi connectivity index (χ0v) is 20.9. The minimum Gasteiger partial charge on any atom is -0.444 e. The Hall–Kier alpha value is -2.78. The van der Waals surface area contributed by atoms with Gasteiger partial charge in [0.25, 0.3) is 5.56 Å². The van der Waals surface area contributed by atoms with Gasteiger partial charge in [-0.3, -0.25) is 14.5 Å².